The van der Waals surface area contributed by atoms with Crippen molar-refractivity contribution in [3.8, 4) is 5.75 Å². The number of para-hydroxylation sites is 1. The highest BCUT2D eigenvalue weighted by molar-refractivity contribution is 7.93. The Bertz CT molecular complexity index is 916. The molecule has 22 heavy (non-hydrogen) atoms. The van der Waals surface area contributed by atoms with Crippen molar-refractivity contribution >= 4 is 36.7 Å². The number of rotatable bonds is 4. The van der Waals surface area contributed by atoms with Crippen molar-refractivity contribution in [1.82, 2.24) is 4.98 Å². The second kappa shape index (κ2) is 5.58. The average Bonchev–Trinajstić information content (AvgIpc) is 2.89. The molecule has 5 nitrogen and oxygen atoms in total. The van der Waals surface area contributed by atoms with E-state index in [9.17, 15) is 8.42 Å². The number of thiazole rings is 1. The van der Waals surface area contributed by atoms with Gasteiger partial charge in [-0.25, -0.2) is 13.4 Å². The molecule has 1 N–H and O–H groups in total. The van der Waals surface area contributed by atoms with Crippen LogP contribution in [-0.4, -0.2) is 20.5 Å². The molecular formula is C15H14N2O3S2. The van der Waals surface area contributed by atoms with Crippen molar-refractivity contribution < 1.29 is 13.2 Å². The van der Waals surface area contributed by atoms with E-state index in [2.05, 4.69) is 9.71 Å². The molecule has 7 heteroatoms. The summed E-state index contributed by atoms with van der Waals surface area (Å²) in [5, 5.41) is 0.320. The number of aromatic nitrogens is 1. The Labute approximate surface area is 132 Å². The Morgan fingerprint density at radius 2 is 1.86 bits per heavy atom. The van der Waals surface area contributed by atoms with Gasteiger partial charge in [0.1, 0.15) is 11.3 Å². The molecule has 0 radical (unpaired) electrons. The second-order valence-electron chi connectivity index (χ2n) is 4.74. The van der Waals surface area contributed by atoms with Crippen LogP contribution >= 0.6 is 11.3 Å². The normalized spacial score (nSPS) is 11.5. The van der Waals surface area contributed by atoms with Gasteiger partial charge < -0.3 is 4.74 Å². The van der Waals surface area contributed by atoms with Crippen LogP contribution in [0.5, 0.6) is 5.75 Å². The largest absolute Gasteiger partial charge is 0.494 e. The number of fused-ring (bicyclic) bond motifs is 1. The zero-order valence-corrected chi connectivity index (χ0v) is 13.7. The number of sulfonamides is 1. The molecule has 0 aliphatic carbocycles. The molecule has 0 bridgehead atoms. The number of aryl methyl sites for hydroxylation is 1. The lowest BCUT2D eigenvalue weighted by Gasteiger charge is -2.05. The maximum Gasteiger partial charge on any atom is 0.263 e. The summed E-state index contributed by atoms with van der Waals surface area (Å²) in [5.41, 5.74) is 1.65. The number of benzene rings is 2. The van der Waals surface area contributed by atoms with Gasteiger partial charge in [0.15, 0.2) is 5.13 Å². The Kier molecular flexibility index (Phi) is 3.76. The maximum absolute atomic E-state index is 12.4. The molecule has 1 heterocycles. The molecule has 0 saturated heterocycles. The second-order valence-corrected chi connectivity index (χ2v) is 7.46. The lowest BCUT2D eigenvalue weighted by molar-refractivity contribution is 0.419. The van der Waals surface area contributed by atoms with Gasteiger partial charge in [0, 0.05) is 0 Å². The predicted octanol–water partition coefficient (Wildman–Crippen LogP) is 3.41. The number of nitrogens with zero attached hydrogens (tertiary/aromatic N) is 1. The highest BCUT2D eigenvalue weighted by atomic mass is 32.2. The average molecular weight is 334 g/mol. The molecule has 1 aromatic heterocycles. The third-order valence-corrected chi connectivity index (χ3v) is 5.57. The third-order valence-electron chi connectivity index (χ3n) is 3.15. The number of nitrogens with one attached hydrogen (secondary N) is 1. The van der Waals surface area contributed by atoms with Crippen molar-refractivity contribution in [2.45, 2.75) is 11.8 Å². The van der Waals surface area contributed by atoms with Gasteiger partial charge in [0.05, 0.1) is 16.7 Å². The van der Waals surface area contributed by atoms with Gasteiger partial charge >= 0.3 is 0 Å². The van der Waals surface area contributed by atoms with E-state index in [0.29, 0.717) is 16.4 Å². The summed E-state index contributed by atoms with van der Waals surface area (Å²) in [6, 6.07) is 12.2. The van der Waals surface area contributed by atoms with Gasteiger partial charge in [0.25, 0.3) is 10.0 Å². The van der Waals surface area contributed by atoms with Crippen molar-refractivity contribution in [2.75, 3.05) is 11.8 Å². The summed E-state index contributed by atoms with van der Waals surface area (Å²) in [4.78, 5) is 4.53. The van der Waals surface area contributed by atoms with Gasteiger partial charge in [0.2, 0.25) is 0 Å². The first-order valence-corrected chi connectivity index (χ1v) is 8.82. The highest BCUT2D eigenvalue weighted by Gasteiger charge is 2.17. The van der Waals surface area contributed by atoms with E-state index >= 15 is 0 Å². The van der Waals surface area contributed by atoms with Gasteiger partial charge in [-0.1, -0.05) is 35.1 Å². The Balaban J connectivity index is 1.97. The molecule has 0 aliphatic heterocycles. The first kappa shape index (κ1) is 14.8. The first-order chi connectivity index (χ1) is 10.5. The van der Waals surface area contributed by atoms with Crippen LogP contribution in [0.4, 0.5) is 5.13 Å². The lowest BCUT2D eigenvalue weighted by Crippen LogP contribution is -2.12. The Morgan fingerprint density at radius 1 is 1.14 bits per heavy atom. The standard InChI is InChI=1S/C15H14N2O3S2/c1-10-6-8-11(9-7-10)22(18,19)17-15-16-14-12(20-2)4-3-5-13(14)21-15/h3-9H,1-2H3,(H,16,17). The van der Waals surface area contributed by atoms with Crippen LogP contribution in [0.25, 0.3) is 10.2 Å². The van der Waals surface area contributed by atoms with E-state index in [1.807, 2.05) is 19.1 Å². The van der Waals surface area contributed by atoms with Crippen molar-refractivity contribution in [3.05, 3.63) is 48.0 Å². The molecule has 2 aromatic carbocycles. The molecule has 0 unspecified atom stereocenters. The van der Waals surface area contributed by atoms with Crippen molar-refractivity contribution in [1.29, 1.82) is 0 Å². The topological polar surface area (TPSA) is 68.3 Å². The van der Waals surface area contributed by atoms with Crippen molar-refractivity contribution in [2.24, 2.45) is 0 Å². The van der Waals surface area contributed by atoms with Crippen LogP contribution < -0.4 is 9.46 Å². The molecule has 0 amide bonds. The number of methoxy groups -OCH3 is 1. The van der Waals surface area contributed by atoms with Crippen LogP contribution in [0.15, 0.2) is 47.4 Å². The minimum absolute atomic E-state index is 0.212. The zero-order valence-electron chi connectivity index (χ0n) is 12.0. The Hall–Kier alpha value is -2.12. The van der Waals surface area contributed by atoms with Gasteiger partial charge in [-0.05, 0) is 31.2 Å². The van der Waals surface area contributed by atoms with E-state index in [1.54, 1.807) is 37.4 Å². The molecule has 0 aliphatic rings. The maximum atomic E-state index is 12.4. The number of ether oxygens (including phenoxy) is 1. The molecule has 3 rings (SSSR count). The number of hydrogen-bond acceptors (Lipinski definition) is 5. The lowest BCUT2D eigenvalue weighted by atomic mass is 10.2. The van der Waals surface area contributed by atoms with E-state index < -0.39 is 10.0 Å². The summed E-state index contributed by atoms with van der Waals surface area (Å²) < 4.78 is 33.4. The fraction of sp³-hybridized carbons (Fsp3) is 0.133. The number of anilines is 1. The summed E-state index contributed by atoms with van der Waals surface area (Å²) in [6.07, 6.45) is 0. The molecule has 0 spiro atoms. The van der Waals surface area contributed by atoms with Gasteiger partial charge in [-0.3, -0.25) is 4.72 Å². The molecule has 0 atom stereocenters. The highest BCUT2D eigenvalue weighted by Crippen LogP contribution is 2.33. The monoisotopic (exact) mass is 334 g/mol. The quantitative estimate of drug-likeness (QED) is 0.794. The minimum Gasteiger partial charge on any atom is -0.494 e. The minimum atomic E-state index is -3.64. The van der Waals surface area contributed by atoms with Crippen molar-refractivity contribution in [3.63, 3.8) is 0 Å². The summed E-state index contributed by atoms with van der Waals surface area (Å²) in [7, 11) is -2.08. The number of hydrogen-bond donors (Lipinski definition) is 1. The van der Waals surface area contributed by atoms with Gasteiger partial charge in [-0.15, -0.1) is 0 Å². The van der Waals surface area contributed by atoms with E-state index in [-0.39, 0.29) is 4.90 Å². The van der Waals surface area contributed by atoms with Crippen LogP contribution in [0, 0.1) is 6.92 Å². The summed E-state index contributed by atoms with van der Waals surface area (Å²) in [6.45, 7) is 1.91. The first-order valence-electron chi connectivity index (χ1n) is 6.52. The SMILES string of the molecule is COc1cccc2sc(NS(=O)(=O)c3ccc(C)cc3)nc12. The summed E-state index contributed by atoms with van der Waals surface area (Å²) >= 11 is 1.27. The van der Waals surface area contributed by atoms with Crippen LogP contribution in [0.2, 0.25) is 0 Å². The zero-order chi connectivity index (χ0) is 15.7. The fourth-order valence-corrected chi connectivity index (χ4v) is 4.14. The van der Waals surface area contributed by atoms with E-state index in [0.717, 1.165) is 10.3 Å². The fourth-order valence-electron chi connectivity index (χ4n) is 2.02. The predicted molar refractivity (Wildman–Crippen MR) is 88.2 cm³/mol. The Morgan fingerprint density at radius 3 is 2.55 bits per heavy atom. The third kappa shape index (κ3) is 2.77. The molecule has 114 valence electrons. The smallest absolute Gasteiger partial charge is 0.263 e. The van der Waals surface area contributed by atoms with Crippen LogP contribution in [0.3, 0.4) is 0 Å². The van der Waals surface area contributed by atoms with Gasteiger partial charge in [-0.2, -0.15) is 0 Å². The molecule has 3 aromatic rings. The summed E-state index contributed by atoms with van der Waals surface area (Å²) in [5.74, 6) is 0.620. The van der Waals surface area contributed by atoms with Crippen LogP contribution in [-0.2, 0) is 10.0 Å². The molecule has 0 saturated carbocycles. The molecule has 0 fully saturated rings. The molecular weight excluding hydrogens is 320 g/mol. The van der Waals surface area contributed by atoms with Crippen LogP contribution in [0.1, 0.15) is 5.56 Å². The van der Waals surface area contributed by atoms with E-state index in [1.165, 1.54) is 11.3 Å². The van der Waals surface area contributed by atoms with E-state index in [4.69, 9.17) is 4.74 Å².